The van der Waals surface area contributed by atoms with E-state index in [0.29, 0.717) is 12.2 Å². The fourth-order valence-corrected chi connectivity index (χ4v) is 2.86. The van der Waals surface area contributed by atoms with Crippen LogP contribution in [0.5, 0.6) is 0 Å². The van der Waals surface area contributed by atoms with E-state index >= 15 is 0 Å². The van der Waals surface area contributed by atoms with Crippen molar-refractivity contribution in [2.75, 3.05) is 13.2 Å². The number of nitrogens with zero attached hydrogens (tertiary/aromatic N) is 3. The van der Waals surface area contributed by atoms with E-state index in [1.54, 1.807) is 16.3 Å². The Morgan fingerprint density at radius 2 is 2.17 bits per heavy atom. The number of nitrogens with one attached hydrogen (secondary N) is 1. The zero-order valence-electron chi connectivity index (χ0n) is 13.2. The van der Waals surface area contributed by atoms with Gasteiger partial charge in [0.2, 0.25) is 0 Å². The van der Waals surface area contributed by atoms with Gasteiger partial charge in [-0.3, -0.25) is 4.79 Å². The average Bonchev–Trinajstić information content (AvgIpc) is 3.29. The fourth-order valence-electron chi connectivity index (χ4n) is 2.09. The van der Waals surface area contributed by atoms with Gasteiger partial charge >= 0.3 is 0 Å². The number of rotatable bonds is 6. The number of para-hydroxylation sites is 1. The van der Waals surface area contributed by atoms with Crippen molar-refractivity contribution in [2.24, 2.45) is 5.92 Å². The van der Waals surface area contributed by atoms with Gasteiger partial charge < -0.3 is 10.4 Å². The zero-order chi connectivity index (χ0) is 16.9. The highest BCUT2D eigenvalue weighted by Crippen LogP contribution is 2.24. The van der Waals surface area contributed by atoms with Crippen LogP contribution in [0.1, 0.15) is 17.4 Å². The third-order valence-electron chi connectivity index (χ3n) is 3.51. The molecule has 0 bridgehead atoms. The molecule has 0 radical (unpaired) electrons. The molecule has 0 fully saturated rings. The molecule has 3 aromatic rings. The number of amides is 1. The molecule has 1 amide bonds. The molecule has 0 saturated heterocycles. The van der Waals surface area contributed by atoms with Crippen LogP contribution in [0.25, 0.3) is 16.3 Å². The predicted octanol–water partition coefficient (Wildman–Crippen LogP) is 2.35. The molecule has 3 rings (SSSR count). The molecule has 2 aromatic heterocycles. The van der Waals surface area contributed by atoms with Gasteiger partial charge in [-0.1, -0.05) is 25.1 Å². The Labute approximate surface area is 143 Å². The van der Waals surface area contributed by atoms with Gasteiger partial charge in [0.15, 0.2) is 0 Å². The smallest absolute Gasteiger partial charge is 0.270 e. The zero-order valence-corrected chi connectivity index (χ0v) is 14.0. The largest absolute Gasteiger partial charge is 0.396 e. The lowest BCUT2D eigenvalue weighted by Gasteiger charge is -2.07. The van der Waals surface area contributed by atoms with Crippen LogP contribution in [-0.4, -0.2) is 38.9 Å². The van der Waals surface area contributed by atoms with Gasteiger partial charge in [0.25, 0.3) is 5.91 Å². The molecule has 0 spiro atoms. The minimum atomic E-state index is -0.228. The minimum Gasteiger partial charge on any atom is -0.396 e. The molecule has 2 heterocycles. The lowest BCUT2D eigenvalue weighted by Crippen LogP contribution is -2.29. The first kappa shape index (κ1) is 16.4. The molecule has 7 heteroatoms. The van der Waals surface area contributed by atoms with Gasteiger partial charge in [0.05, 0.1) is 11.9 Å². The number of carbonyl (C=O) groups is 1. The van der Waals surface area contributed by atoms with Crippen LogP contribution in [0.15, 0.2) is 48.1 Å². The molecule has 1 atom stereocenters. The summed E-state index contributed by atoms with van der Waals surface area (Å²) >= 11 is 1.40. The third-order valence-corrected chi connectivity index (χ3v) is 4.40. The van der Waals surface area contributed by atoms with E-state index in [9.17, 15) is 4.79 Å². The Morgan fingerprint density at radius 1 is 1.38 bits per heavy atom. The summed E-state index contributed by atoms with van der Waals surface area (Å²) in [7, 11) is 0. The van der Waals surface area contributed by atoms with E-state index in [1.165, 1.54) is 11.3 Å². The molecule has 1 aromatic carbocycles. The van der Waals surface area contributed by atoms with Crippen molar-refractivity contribution in [3.8, 4) is 16.3 Å². The van der Waals surface area contributed by atoms with E-state index in [2.05, 4.69) is 15.4 Å². The molecule has 6 nitrogen and oxygen atoms in total. The summed E-state index contributed by atoms with van der Waals surface area (Å²) in [5, 5.41) is 18.6. The second-order valence-corrected chi connectivity index (χ2v) is 6.40. The van der Waals surface area contributed by atoms with Gasteiger partial charge in [-0.15, -0.1) is 11.3 Å². The van der Waals surface area contributed by atoms with Crippen molar-refractivity contribution < 1.29 is 9.90 Å². The van der Waals surface area contributed by atoms with E-state index in [1.807, 2.05) is 43.5 Å². The second kappa shape index (κ2) is 7.37. The number of aliphatic hydroxyl groups excluding tert-OH is 1. The summed E-state index contributed by atoms with van der Waals surface area (Å²) in [6.07, 6.45) is 3.63. The SMILES string of the molecule is CC(CO)CNC(=O)c1csc(-c2cnn(-c3ccccc3)c2)n1. The van der Waals surface area contributed by atoms with Gasteiger partial charge in [0, 0.05) is 30.3 Å². The Kier molecular flexibility index (Phi) is 5.02. The Balaban J connectivity index is 1.72. The molecule has 0 aliphatic rings. The van der Waals surface area contributed by atoms with Crippen molar-refractivity contribution in [2.45, 2.75) is 6.92 Å². The number of carbonyl (C=O) groups excluding carboxylic acids is 1. The van der Waals surface area contributed by atoms with E-state index in [0.717, 1.165) is 16.3 Å². The number of aliphatic hydroxyl groups is 1. The molecule has 2 N–H and O–H groups in total. The van der Waals surface area contributed by atoms with Crippen LogP contribution in [0.4, 0.5) is 0 Å². The van der Waals surface area contributed by atoms with Gasteiger partial charge in [-0.25, -0.2) is 9.67 Å². The standard InChI is InChI=1S/C17H18N4O2S/c1-12(10-22)7-18-16(23)15-11-24-17(20-15)13-8-19-21(9-13)14-5-3-2-4-6-14/h2-6,8-9,11-12,22H,7,10H2,1H3,(H,18,23). The number of thiazole rings is 1. The summed E-state index contributed by atoms with van der Waals surface area (Å²) in [4.78, 5) is 16.4. The highest BCUT2D eigenvalue weighted by molar-refractivity contribution is 7.13. The number of hydrogen-bond acceptors (Lipinski definition) is 5. The Morgan fingerprint density at radius 3 is 2.92 bits per heavy atom. The first-order chi connectivity index (χ1) is 11.7. The minimum absolute atomic E-state index is 0.0242. The normalized spacial score (nSPS) is 12.1. The van der Waals surface area contributed by atoms with Crippen molar-refractivity contribution >= 4 is 17.2 Å². The van der Waals surface area contributed by atoms with E-state index in [-0.39, 0.29) is 18.4 Å². The molecule has 1 unspecified atom stereocenters. The van der Waals surface area contributed by atoms with Crippen LogP contribution >= 0.6 is 11.3 Å². The molecular formula is C17H18N4O2S. The second-order valence-electron chi connectivity index (χ2n) is 5.54. The summed E-state index contributed by atoms with van der Waals surface area (Å²) in [5.41, 5.74) is 2.22. The summed E-state index contributed by atoms with van der Waals surface area (Å²) in [6.45, 7) is 2.33. The average molecular weight is 342 g/mol. The molecule has 24 heavy (non-hydrogen) atoms. The number of aromatic nitrogens is 3. The maximum atomic E-state index is 12.1. The Hall–Kier alpha value is -2.51. The monoisotopic (exact) mass is 342 g/mol. The fraction of sp³-hybridized carbons (Fsp3) is 0.235. The summed E-state index contributed by atoms with van der Waals surface area (Å²) in [6, 6.07) is 9.81. The van der Waals surface area contributed by atoms with E-state index in [4.69, 9.17) is 5.11 Å². The first-order valence-corrected chi connectivity index (χ1v) is 8.50. The van der Waals surface area contributed by atoms with Gasteiger partial charge in [-0.05, 0) is 18.1 Å². The quantitative estimate of drug-likeness (QED) is 0.721. The van der Waals surface area contributed by atoms with Crippen molar-refractivity contribution in [3.63, 3.8) is 0 Å². The molecule has 124 valence electrons. The lowest BCUT2D eigenvalue weighted by molar-refractivity contribution is 0.0938. The van der Waals surface area contributed by atoms with Crippen molar-refractivity contribution in [1.82, 2.24) is 20.1 Å². The third kappa shape index (κ3) is 3.69. The van der Waals surface area contributed by atoms with Crippen LogP contribution in [0, 0.1) is 5.92 Å². The van der Waals surface area contributed by atoms with E-state index < -0.39 is 0 Å². The lowest BCUT2D eigenvalue weighted by atomic mass is 10.2. The highest BCUT2D eigenvalue weighted by Gasteiger charge is 2.14. The van der Waals surface area contributed by atoms with Crippen LogP contribution in [0.2, 0.25) is 0 Å². The van der Waals surface area contributed by atoms with Crippen molar-refractivity contribution in [1.29, 1.82) is 0 Å². The first-order valence-electron chi connectivity index (χ1n) is 7.62. The molecular weight excluding hydrogens is 324 g/mol. The topological polar surface area (TPSA) is 80.0 Å². The summed E-state index contributed by atoms with van der Waals surface area (Å²) < 4.78 is 1.78. The van der Waals surface area contributed by atoms with Crippen LogP contribution in [-0.2, 0) is 0 Å². The maximum absolute atomic E-state index is 12.1. The number of hydrogen-bond donors (Lipinski definition) is 2. The number of benzene rings is 1. The molecule has 0 aliphatic carbocycles. The van der Waals surface area contributed by atoms with Crippen LogP contribution < -0.4 is 5.32 Å². The van der Waals surface area contributed by atoms with Gasteiger partial charge in [0.1, 0.15) is 10.7 Å². The molecule has 0 saturated carbocycles. The predicted molar refractivity (Wildman–Crippen MR) is 93.3 cm³/mol. The molecule has 0 aliphatic heterocycles. The van der Waals surface area contributed by atoms with Crippen molar-refractivity contribution in [3.05, 3.63) is 53.8 Å². The maximum Gasteiger partial charge on any atom is 0.270 e. The van der Waals surface area contributed by atoms with Gasteiger partial charge in [-0.2, -0.15) is 5.10 Å². The highest BCUT2D eigenvalue weighted by atomic mass is 32.1. The summed E-state index contributed by atoms with van der Waals surface area (Å²) in [5.74, 6) is -0.204. The Bertz CT molecular complexity index is 813. The van der Waals surface area contributed by atoms with Crippen LogP contribution in [0.3, 0.4) is 0 Å².